The smallest absolute Gasteiger partial charge is 0.305 e. The van der Waals surface area contributed by atoms with Crippen LogP contribution < -0.4 is 0 Å². The zero-order valence-electron chi connectivity index (χ0n) is 31.2. The molecule has 0 N–H and O–H groups in total. The number of allylic oxidation sites excluding steroid dienone is 4. The van der Waals surface area contributed by atoms with E-state index in [0.717, 1.165) is 31.6 Å². The maximum Gasteiger partial charge on any atom is 0.305 e. The summed E-state index contributed by atoms with van der Waals surface area (Å²) in [5.41, 5.74) is 0. The summed E-state index contributed by atoms with van der Waals surface area (Å²) in [5, 5.41) is 0. The molecular formula is C43H82O2. The summed E-state index contributed by atoms with van der Waals surface area (Å²) >= 11 is 0. The highest BCUT2D eigenvalue weighted by atomic mass is 16.5. The highest BCUT2D eigenvalue weighted by Gasteiger charge is 2.03. The molecule has 0 fully saturated rings. The molecule has 0 heterocycles. The van der Waals surface area contributed by atoms with E-state index in [4.69, 9.17) is 4.74 Å². The average Bonchev–Trinajstić information content (AvgIpc) is 3.05. The molecule has 0 rings (SSSR count). The molecule has 0 saturated carbocycles. The summed E-state index contributed by atoms with van der Waals surface area (Å²) in [5.74, 6) is 0.945. The van der Waals surface area contributed by atoms with Gasteiger partial charge in [-0.15, -0.1) is 0 Å². The maximum atomic E-state index is 12.0. The van der Waals surface area contributed by atoms with Crippen molar-refractivity contribution in [3.8, 4) is 0 Å². The molecule has 2 nitrogen and oxygen atoms in total. The Morgan fingerprint density at radius 3 is 1.36 bits per heavy atom. The Hall–Kier alpha value is -1.05. The van der Waals surface area contributed by atoms with Crippen LogP contribution in [0.25, 0.3) is 0 Å². The van der Waals surface area contributed by atoms with Crippen molar-refractivity contribution in [2.75, 3.05) is 6.61 Å². The first-order valence-electron chi connectivity index (χ1n) is 20.7. The Labute approximate surface area is 284 Å². The lowest BCUT2D eigenvalue weighted by Crippen LogP contribution is -2.05. The molecule has 0 spiro atoms. The summed E-state index contributed by atoms with van der Waals surface area (Å²) in [6.07, 6.45) is 52.5. The molecule has 0 aliphatic rings. The molecule has 0 aliphatic carbocycles. The van der Waals surface area contributed by atoms with Gasteiger partial charge in [-0.2, -0.15) is 0 Å². The van der Waals surface area contributed by atoms with Crippen LogP contribution >= 0.6 is 0 Å². The fraction of sp³-hybridized carbons (Fsp3) is 0.884. The Balaban J connectivity index is 3.20. The standard InChI is InChI=1S/C43H82O2/c1-4-6-7-8-9-10-11-12-18-22-25-28-31-34-37-40-43(44)45-41-38-35-32-29-26-23-20-17-15-13-14-16-19-21-24-27-30-33-36-39-42(3)5-2/h9-10,12,18,42H,4-8,11,13-17,19-41H2,1-3H3/b10-9-,18-12-. The number of unbranched alkanes of at least 4 members (excludes halogenated alkanes) is 26. The first-order chi connectivity index (χ1) is 22.2. The Kier molecular flexibility index (Phi) is 38.2. The molecule has 2 heteroatoms. The summed E-state index contributed by atoms with van der Waals surface area (Å²) in [4.78, 5) is 12.0. The minimum Gasteiger partial charge on any atom is -0.466 e. The largest absolute Gasteiger partial charge is 0.466 e. The van der Waals surface area contributed by atoms with Crippen LogP contribution in [0.5, 0.6) is 0 Å². The van der Waals surface area contributed by atoms with Crippen LogP contribution in [0.1, 0.15) is 233 Å². The summed E-state index contributed by atoms with van der Waals surface area (Å²) in [6.45, 7) is 7.59. The highest BCUT2D eigenvalue weighted by Crippen LogP contribution is 2.17. The van der Waals surface area contributed by atoms with E-state index < -0.39 is 0 Å². The molecule has 1 atom stereocenters. The fourth-order valence-electron chi connectivity index (χ4n) is 6.14. The van der Waals surface area contributed by atoms with Gasteiger partial charge in [-0.05, 0) is 50.9 Å². The van der Waals surface area contributed by atoms with Crippen LogP contribution in [0.2, 0.25) is 0 Å². The molecule has 45 heavy (non-hydrogen) atoms. The maximum absolute atomic E-state index is 12.0. The zero-order chi connectivity index (χ0) is 32.7. The third kappa shape index (κ3) is 39.0. The number of ether oxygens (including phenoxy) is 1. The second-order valence-electron chi connectivity index (χ2n) is 14.2. The van der Waals surface area contributed by atoms with Gasteiger partial charge in [-0.3, -0.25) is 4.79 Å². The lowest BCUT2D eigenvalue weighted by molar-refractivity contribution is -0.143. The predicted molar refractivity (Wildman–Crippen MR) is 202 cm³/mol. The van der Waals surface area contributed by atoms with Gasteiger partial charge in [0.05, 0.1) is 6.61 Å². The lowest BCUT2D eigenvalue weighted by Gasteiger charge is -2.07. The molecule has 0 aromatic carbocycles. The predicted octanol–water partition coefficient (Wildman–Crippen LogP) is 15.2. The number of hydrogen-bond acceptors (Lipinski definition) is 2. The number of hydrogen-bond donors (Lipinski definition) is 0. The van der Waals surface area contributed by atoms with Gasteiger partial charge in [0.25, 0.3) is 0 Å². The van der Waals surface area contributed by atoms with Crippen LogP contribution in [0.3, 0.4) is 0 Å². The quantitative estimate of drug-likeness (QED) is 0.0388. The van der Waals surface area contributed by atoms with Crippen LogP contribution in [-0.4, -0.2) is 12.6 Å². The SMILES string of the molecule is CCCCC/C=C\C/C=C\CCCCCCCC(=O)OCCCCCCCCCCCCCCCCCCCCCC(C)CC. The van der Waals surface area contributed by atoms with Crippen molar-refractivity contribution in [3.05, 3.63) is 24.3 Å². The highest BCUT2D eigenvalue weighted by molar-refractivity contribution is 5.69. The normalized spacial score (nSPS) is 12.5. The molecule has 0 aliphatic heterocycles. The number of rotatable bonds is 37. The van der Waals surface area contributed by atoms with Crippen molar-refractivity contribution in [3.63, 3.8) is 0 Å². The van der Waals surface area contributed by atoms with Crippen LogP contribution in [0.4, 0.5) is 0 Å². The van der Waals surface area contributed by atoms with E-state index in [1.807, 2.05) is 0 Å². The van der Waals surface area contributed by atoms with Gasteiger partial charge < -0.3 is 4.74 Å². The second-order valence-corrected chi connectivity index (χ2v) is 14.2. The average molecular weight is 631 g/mol. The van der Waals surface area contributed by atoms with Crippen molar-refractivity contribution in [2.45, 2.75) is 233 Å². The Morgan fingerprint density at radius 2 is 0.889 bits per heavy atom. The van der Waals surface area contributed by atoms with Gasteiger partial charge in [0.15, 0.2) is 0 Å². The van der Waals surface area contributed by atoms with E-state index in [0.29, 0.717) is 13.0 Å². The van der Waals surface area contributed by atoms with Gasteiger partial charge in [0, 0.05) is 6.42 Å². The summed E-state index contributed by atoms with van der Waals surface area (Å²) in [7, 11) is 0. The van der Waals surface area contributed by atoms with Crippen LogP contribution in [0.15, 0.2) is 24.3 Å². The molecule has 0 amide bonds. The number of carbonyl (C=O) groups is 1. The molecule has 0 radical (unpaired) electrons. The van der Waals surface area contributed by atoms with Crippen molar-refractivity contribution in [2.24, 2.45) is 5.92 Å². The molecule has 266 valence electrons. The van der Waals surface area contributed by atoms with Crippen LogP contribution in [-0.2, 0) is 9.53 Å². The minimum absolute atomic E-state index is 0.0129. The molecule has 1 unspecified atom stereocenters. The molecule has 0 saturated heterocycles. The molecule has 0 bridgehead atoms. The van der Waals surface area contributed by atoms with Crippen LogP contribution in [0, 0.1) is 5.92 Å². The third-order valence-corrected chi connectivity index (χ3v) is 9.63. The number of carbonyl (C=O) groups excluding carboxylic acids is 1. The minimum atomic E-state index is 0.0129. The fourth-order valence-corrected chi connectivity index (χ4v) is 6.14. The van der Waals surface area contributed by atoms with Gasteiger partial charge in [-0.1, -0.05) is 206 Å². The summed E-state index contributed by atoms with van der Waals surface area (Å²) < 4.78 is 5.45. The van der Waals surface area contributed by atoms with Gasteiger partial charge >= 0.3 is 5.97 Å². The number of esters is 1. The third-order valence-electron chi connectivity index (χ3n) is 9.63. The van der Waals surface area contributed by atoms with E-state index in [-0.39, 0.29) is 5.97 Å². The Bertz CT molecular complexity index is 621. The van der Waals surface area contributed by atoms with E-state index in [9.17, 15) is 4.79 Å². The molecular weight excluding hydrogens is 548 g/mol. The lowest BCUT2D eigenvalue weighted by atomic mass is 9.99. The topological polar surface area (TPSA) is 26.3 Å². The summed E-state index contributed by atoms with van der Waals surface area (Å²) in [6, 6.07) is 0. The van der Waals surface area contributed by atoms with E-state index in [1.165, 1.54) is 180 Å². The molecule has 0 aromatic heterocycles. The second kappa shape index (κ2) is 39.1. The van der Waals surface area contributed by atoms with E-state index in [2.05, 4.69) is 45.1 Å². The van der Waals surface area contributed by atoms with E-state index >= 15 is 0 Å². The van der Waals surface area contributed by atoms with Gasteiger partial charge in [0.1, 0.15) is 0 Å². The van der Waals surface area contributed by atoms with Crippen molar-refractivity contribution in [1.29, 1.82) is 0 Å². The first kappa shape index (κ1) is 43.9. The zero-order valence-corrected chi connectivity index (χ0v) is 31.2. The van der Waals surface area contributed by atoms with Crippen molar-refractivity contribution < 1.29 is 9.53 Å². The van der Waals surface area contributed by atoms with Gasteiger partial charge in [0.2, 0.25) is 0 Å². The monoisotopic (exact) mass is 631 g/mol. The van der Waals surface area contributed by atoms with Gasteiger partial charge in [-0.25, -0.2) is 0 Å². The van der Waals surface area contributed by atoms with E-state index in [1.54, 1.807) is 0 Å². The first-order valence-corrected chi connectivity index (χ1v) is 20.7. The van der Waals surface area contributed by atoms with Crippen molar-refractivity contribution >= 4 is 5.97 Å². The Morgan fingerprint density at radius 1 is 0.489 bits per heavy atom. The van der Waals surface area contributed by atoms with Crippen molar-refractivity contribution in [1.82, 2.24) is 0 Å². The molecule has 0 aromatic rings.